The summed E-state index contributed by atoms with van der Waals surface area (Å²) >= 11 is 6.16. The molecule has 1 aliphatic heterocycles. The number of carbonyl (C=O) groups excluding carboxylic acids is 2. The Hall–Kier alpha value is -3.32. The Morgan fingerprint density at radius 1 is 1.16 bits per heavy atom. The number of aryl methyl sites for hydroxylation is 1. The molecule has 1 atom stereocenters. The predicted octanol–water partition coefficient (Wildman–Crippen LogP) is 4.84. The van der Waals surface area contributed by atoms with Crippen molar-refractivity contribution in [2.24, 2.45) is 5.41 Å². The van der Waals surface area contributed by atoms with Crippen LogP contribution in [0, 0.1) is 5.41 Å². The molecule has 1 saturated heterocycles. The maximum atomic E-state index is 13.4. The monoisotopic (exact) mass is 522 g/mol. The summed E-state index contributed by atoms with van der Waals surface area (Å²) in [5.74, 6) is 1.62. The molecule has 2 amide bonds. The molecule has 7 nitrogen and oxygen atoms in total. The summed E-state index contributed by atoms with van der Waals surface area (Å²) < 4.78 is 8.09. The summed E-state index contributed by atoms with van der Waals surface area (Å²) in [6.07, 6.45) is 6.25. The molecule has 1 aromatic heterocycles. The molecule has 8 heteroatoms. The van der Waals surface area contributed by atoms with Crippen LogP contribution < -0.4 is 4.74 Å². The highest BCUT2D eigenvalue weighted by atomic mass is 35.5. The van der Waals surface area contributed by atoms with Crippen LogP contribution in [0.5, 0.6) is 5.75 Å². The van der Waals surface area contributed by atoms with E-state index in [2.05, 4.69) is 4.98 Å². The van der Waals surface area contributed by atoms with Gasteiger partial charge in [0.15, 0.2) is 0 Å². The highest BCUT2D eigenvalue weighted by Gasteiger charge is 2.40. The predicted molar refractivity (Wildman–Crippen MR) is 144 cm³/mol. The van der Waals surface area contributed by atoms with E-state index in [4.69, 9.17) is 16.3 Å². The van der Waals surface area contributed by atoms with Crippen LogP contribution >= 0.6 is 11.6 Å². The van der Waals surface area contributed by atoms with Crippen molar-refractivity contribution in [2.75, 3.05) is 26.7 Å². The minimum absolute atomic E-state index is 0.0321. The summed E-state index contributed by atoms with van der Waals surface area (Å²) in [7, 11) is 1.83. The Labute approximate surface area is 224 Å². The smallest absolute Gasteiger partial charge is 0.242 e. The lowest BCUT2D eigenvalue weighted by Crippen LogP contribution is -2.51. The Morgan fingerprint density at radius 3 is 2.73 bits per heavy atom. The van der Waals surface area contributed by atoms with Crippen LogP contribution in [0.2, 0.25) is 5.02 Å². The van der Waals surface area contributed by atoms with Gasteiger partial charge in [-0.25, -0.2) is 4.98 Å². The minimum Gasteiger partial charge on any atom is -0.493 e. The van der Waals surface area contributed by atoms with E-state index in [0.717, 1.165) is 30.7 Å². The van der Waals surface area contributed by atoms with E-state index in [0.29, 0.717) is 43.4 Å². The fourth-order valence-corrected chi connectivity index (χ4v) is 5.15. The SMILES string of the molecule is CCc1nccn1CC(=O)N1CCCC(COc2cccc(Cl)c2)(CC(=O)N(C)Cc2ccccc2)C1. The zero-order valence-corrected chi connectivity index (χ0v) is 22.4. The summed E-state index contributed by atoms with van der Waals surface area (Å²) in [5, 5.41) is 0.595. The third kappa shape index (κ3) is 7.13. The van der Waals surface area contributed by atoms with Crippen LogP contribution in [0.15, 0.2) is 67.0 Å². The third-order valence-electron chi connectivity index (χ3n) is 6.99. The first-order chi connectivity index (χ1) is 17.9. The first-order valence-corrected chi connectivity index (χ1v) is 13.2. The van der Waals surface area contributed by atoms with Gasteiger partial charge in [-0.15, -0.1) is 0 Å². The minimum atomic E-state index is -0.499. The van der Waals surface area contributed by atoms with Gasteiger partial charge in [-0.2, -0.15) is 0 Å². The van der Waals surface area contributed by atoms with E-state index in [9.17, 15) is 9.59 Å². The van der Waals surface area contributed by atoms with E-state index < -0.39 is 5.41 Å². The van der Waals surface area contributed by atoms with E-state index >= 15 is 0 Å². The third-order valence-corrected chi connectivity index (χ3v) is 7.23. The Kier molecular flexibility index (Phi) is 8.87. The molecule has 0 bridgehead atoms. The Morgan fingerprint density at radius 2 is 1.97 bits per heavy atom. The summed E-state index contributed by atoms with van der Waals surface area (Å²) in [6.45, 7) is 4.27. The van der Waals surface area contributed by atoms with Gasteiger partial charge in [0.25, 0.3) is 0 Å². The average Bonchev–Trinajstić information content (AvgIpc) is 3.35. The lowest BCUT2D eigenvalue weighted by Gasteiger charge is -2.43. The number of aromatic nitrogens is 2. The molecule has 1 unspecified atom stereocenters. The molecule has 0 radical (unpaired) electrons. The molecule has 0 spiro atoms. The second kappa shape index (κ2) is 12.3. The summed E-state index contributed by atoms with van der Waals surface area (Å²) in [6, 6.07) is 17.2. The highest BCUT2D eigenvalue weighted by Crippen LogP contribution is 2.36. The van der Waals surface area contributed by atoms with Crippen LogP contribution in [0.25, 0.3) is 0 Å². The van der Waals surface area contributed by atoms with E-state index in [-0.39, 0.29) is 18.4 Å². The van der Waals surface area contributed by atoms with Crippen LogP contribution in [0.4, 0.5) is 0 Å². The molecular weight excluding hydrogens is 488 g/mol. The van der Waals surface area contributed by atoms with Crippen molar-refractivity contribution in [3.63, 3.8) is 0 Å². The van der Waals surface area contributed by atoms with Gasteiger partial charge >= 0.3 is 0 Å². The number of carbonyl (C=O) groups is 2. The van der Waals surface area contributed by atoms with E-state index in [1.165, 1.54) is 0 Å². The van der Waals surface area contributed by atoms with Crippen molar-refractivity contribution in [3.8, 4) is 5.75 Å². The van der Waals surface area contributed by atoms with Crippen LogP contribution in [-0.2, 0) is 29.1 Å². The molecule has 3 aromatic rings. The molecule has 0 N–H and O–H groups in total. The molecule has 1 aliphatic rings. The second-order valence-electron chi connectivity index (χ2n) is 9.90. The van der Waals surface area contributed by atoms with Gasteiger partial charge in [-0.1, -0.05) is 54.9 Å². The van der Waals surface area contributed by atoms with Gasteiger partial charge in [0.05, 0.1) is 6.61 Å². The average molecular weight is 523 g/mol. The molecule has 37 heavy (non-hydrogen) atoms. The van der Waals surface area contributed by atoms with Crippen molar-refractivity contribution in [1.82, 2.24) is 19.4 Å². The lowest BCUT2D eigenvalue weighted by atomic mass is 9.77. The molecule has 196 valence electrons. The van der Waals surface area contributed by atoms with Crippen molar-refractivity contribution in [3.05, 3.63) is 83.4 Å². The number of imidazole rings is 1. The standard InChI is InChI=1S/C29H35ClN4O3/c1-3-26-31-14-16-33(26)20-28(36)34-15-8-13-29(21-34,22-37-25-12-7-11-24(30)17-25)18-27(35)32(2)19-23-9-5-4-6-10-23/h4-7,9-12,14,16-17H,3,8,13,15,18-22H2,1-2H3. The lowest BCUT2D eigenvalue weighted by molar-refractivity contribution is -0.141. The molecule has 2 aromatic carbocycles. The van der Waals surface area contributed by atoms with Gasteiger partial charge in [0.1, 0.15) is 18.1 Å². The van der Waals surface area contributed by atoms with Crippen LogP contribution in [0.3, 0.4) is 0 Å². The number of halogens is 1. The number of hydrogen-bond donors (Lipinski definition) is 0. The quantitative estimate of drug-likeness (QED) is 0.382. The molecule has 0 saturated carbocycles. The number of ether oxygens (including phenoxy) is 1. The number of amides is 2. The number of benzene rings is 2. The van der Waals surface area contributed by atoms with Crippen molar-refractivity contribution in [1.29, 1.82) is 0 Å². The Bertz CT molecular complexity index is 1200. The van der Waals surface area contributed by atoms with Gasteiger partial charge in [-0.05, 0) is 36.6 Å². The largest absolute Gasteiger partial charge is 0.493 e. The normalized spacial score (nSPS) is 17.4. The van der Waals surface area contributed by atoms with Crippen molar-refractivity contribution < 1.29 is 14.3 Å². The van der Waals surface area contributed by atoms with E-state index in [1.807, 2.05) is 72.1 Å². The maximum Gasteiger partial charge on any atom is 0.242 e. The zero-order valence-electron chi connectivity index (χ0n) is 21.6. The number of rotatable bonds is 10. The highest BCUT2D eigenvalue weighted by molar-refractivity contribution is 6.30. The second-order valence-corrected chi connectivity index (χ2v) is 10.3. The summed E-state index contributed by atoms with van der Waals surface area (Å²) in [5.41, 5.74) is 0.580. The van der Waals surface area contributed by atoms with E-state index in [1.54, 1.807) is 23.2 Å². The molecule has 4 rings (SSSR count). The molecular formula is C29H35ClN4O3. The fourth-order valence-electron chi connectivity index (χ4n) is 4.97. The fraction of sp³-hybridized carbons (Fsp3) is 0.414. The Balaban J connectivity index is 1.50. The zero-order chi connectivity index (χ0) is 26.3. The first-order valence-electron chi connectivity index (χ1n) is 12.8. The van der Waals surface area contributed by atoms with Crippen LogP contribution in [-0.4, -0.2) is 57.9 Å². The van der Waals surface area contributed by atoms with Gasteiger partial charge in [0.2, 0.25) is 11.8 Å². The molecule has 0 aliphatic carbocycles. The van der Waals surface area contributed by atoms with Gasteiger partial charge < -0.3 is 19.1 Å². The number of hydrogen-bond acceptors (Lipinski definition) is 4. The van der Waals surface area contributed by atoms with Crippen molar-refractivity contribution >= 4 is 23.4 Å². The van der Waals surface area contributed by atoms with Crippen molar-refractivity contribution in [2.45, 2.75) is 45.7 Å². The number of likely N-dealkylation sites (tertiary alicyclic amines) is 1. The molecule has 2 heterocycles. The topological polar surface area (TPSA) is 67.7 Å². The van der Waals surface area contributed by atoms with Crippen LogP contribution in [0.1, 0.15) is 37.6 Å². The summed E-state index contributed by atoms with van der Waals surface area (Å²) in [4.78, 5) is 34.7. The maximum absolute atomic E-state index is 13.4. The van der Waals surface area contributed by atoms with Gasteiger partial charge in [-0.3, -0.25) is 9.59 Å². The van der Waals surface area contributed by atoms with Gasteiger partial charge in [0, 0.05) is 62.4 Å². The number of nitrogens with zero attached hydrogens (tertiary/aromatic N) is 4. The molecule has 1 fully saturated rings. The first kappa shape index (κ1) is 26.7. The number of piperidine rings is 1.